The van der Waals surface area contributed by atoms with Crippen molar-refractivity contribution in [1.82, 2.24) is 5.43 Å². The first-order valence-corrected chi connectivity index (χ1v) is 6.70. The minimum Gasteiger partial charge on any atom is -0.459 e. The summed E-state index contributed by atoms with van der Waals surface area (Å²) in [6.45, 7) is 11.2. The van der Waals surface area contributed by atoms with Gasteiger partial charge in [-0.25, -0.2) is 4.39 Å². The molecule has 0 aliphatic rings. The second kappa shape index (κ2) is 10.0. The van der Waals surface area contributed by atoms with Gasteiger partial charge in [-0.2, -0.15) is 0 Å². The normalized spacial score (nSPS) is 14.6. The van der Waals surface area contributed by atoms with E-state index in [2.05, 4.69) is 12.0 Å². The van der Waals surface area contributed by atoms with Crippen LogP contribution in [0.3, 0.4) is 0 Å². The second-order valence-corrected chi connectivity index (χ2v) is 4.43. The lowest BCUT2D eigenvalue weighted by Gasteiger charge is -2.11. The van der Waals surface area contributed by atoms with Crippen LogP contribution in [0.25, 0.3) is 0 Å². The van der Waals surface area contributed by atoms with Crippen molar-refractivity contribution in [3.8, 4) is 0 Å². The van der Waals surface area contributed by atoms with Gasteiger partial charge >= 0.3 is 0 Å². The molecule has 4 heteroatoms. The van der Waals surface area contributed by atoms with Gasteiger partial charge in [0.2, 0.25) is 0 Å². The van der Waals surface area contributed by atoms with Gasteiger partial charge in [0.15, 0.2) is 11.6 Å². The summed E-state index contributed by atoms with van der Waals surface area (Å²) < 4.78 is 19.1. The number of ether oxygens (including phenoxy) is 1. The van der Waals surface area contributed by atoms with Gasteiger partial charge in [0.05, 0.1) is 0 Å². The molecular formula is C16H25FN2O. The minimum absolute atomic E-state index is 0.149. The molecule has 0 spiro atoms. The maximum Gasteiger partial charge on any atom is 0.165 e. The Hall–Kier alpha value is -1.81. The van der Waals surface area contributed by atoms with Gasteiger partial charge in [-0.3, -0.25) is 5.84 Å². The number of nitrogens with one attached hydrogen (secondary N) is 1. The van der Waals surface area contributed by atoms with Crippen LogP contribution in [-0.2, 0) is 4.74 Å². The Labute approximate surface area is 121 Å². The van der Waals surface area contributed by atoms with Crippen LogP contribution in [0.5, 0.6) is 0 Å². The largest absolute Gasteiger partial charge is 0.459 e. The fourth-order valence-corrected chi connectivity index (χ4v) is 1.37. The quantitative estimate of drug-likeness (QED) is 0.302. The molecule has 3 N–H and O–H groups in total. The van der Waals surface area contributed by atoms with Gasteiger partial charge in [-0.1, -0.05) is 33.4 Å². The summed E-state index contributed by atoms with van der Waals surface area (Å²) in [6.07, 6.45) is 8.66. The number of hydrogen-bond acceptors (Lipinski definition) is 3. The molecule has 0 bridgehead atoms. The zero-order chi connectivity index (χ0) is 15.5. The highest BCUT2D eigenvalue weighted by molar-refractivity contribution is 5.25. The third-order valence-electron chi connectivity index (χ3n) is 2.56. The van der Waals surface area contributed by atoms with Crippen molar-refractivity contribution in [3.05, 3.63) is 60.0 Å². The first kappa shape index (κ1) is 18.2. The fourth-order valence-electron chi connectivity index (χ4n) is 1.37. The van der Waals surface area contributed by atoms with E-state index in [0.29, 0.717) is 12.2 Å². The number of allylic oxidation sites excluding steroid dienone is 8. The Bertz CT molecular complexity index is 432. The number of rotatable bonds is 8. The maximum absolute atomic E-state index is 13.6. The summed E-state index contributed by atoms with van der Waals surface area (Å²) in [5.74, 6) is 6.00. The van der Waals surface area contributed by atoms with Crippen molar-refractivity contribution < 1.29 is 9.13 Å². The molecule has 0 radical (unpaired) electrons. The molecule has 0 fully saturated rings. The van der Waals surface area contributed by atoms with Crippen LogP contribution in [-0.4, -0.2) is 0 Å². The van der Waals surface area contributed by atoms with Gasteiger partial charge in [-0.05, 0) is 37.1 Å². The highest BCUT2D eigenvalue weighted by atomic mass is 19.1. The van der Waals surface area contributed by atoms with Crippen LogP contribution in [0.15, 0.2) is 60.0 Å². The van der Waals surface area contributed by atoms with E-state index in [1.807, 2.05) is 26.8 Å². The monoisotopic (exact) mass is 280 g/mol. The molecule has 0 aromatic carbocycles. The predicted molar refractivity (Wildman–Crippen MR) is 82.8 cm³/mol. The zero-order valence-corrected chi connectivity index (χ0v) is 12.7. The van der Waals surface area contributed by atoms with Crippen LogP contribution in [0, 0.1) is 5.92 Å². The van der Waals surface area contributed by atoms with Crippen molar-refractivity contribution >= 4 is 0 Å². The Morgan fingerprint density at radius 2 is 2.05 bits per heavy atom. The molecule has 0 saturated carbocycles. The average Bonchev–Trinajstić information content (AvgIpc) is 2.44. The summed E-state index contributed by atoms with van der Waals surface area (Å²) in [5, 5.41) is 0. The van der Waals surface area contributed by atoms with E-state index in [9.17, 15) is 4.39 Å². The number of nitrogens with two attached hydrogens (primary N) is 1. The second-order valence-electron chi connectivity index (χ2n) is 4.43. The fraction of sp³-hybridized carbons (Fsp3) is 0.375. The van der Waals surface area contributed by atoms with Crippen molar-refractivity contribution in [3.63, 3.8) is 0 Å². The molecule has 112 valence electrons. The average molecular weight is 280 g/mol. The standard InChI is InChI=1S/C16H25FN2O/c1-6-9-16(14(17)8-3)20-13(7-2)10-11-15(19-18)12(4)5/h6,8-12,19H,3,7,18H2,1-2,4-5H3/b9-6-,13-10+,15-11+,16-14-. The Balaban J connectivity index is 5.24. The first-order valence-electron chi connectivity index (χ1n) is 6.70. The Morgan fingerprint density at radius 1 is 1.40 bits per heavy atom. The topological polar surface area (TPSA) is 47.3 Å². The van der Waals surface area contributed by atoms with E-state index in [1.54, 1.807) is 25.2 Å². The lowest BCUT2D eigenvalue weighted by molar-refractivity contribution is 0.295. The smallest absolute Gasteiger partial charge is 0.165 e. The highest BCUT2D eigenvalue weighted by Crippen LogP contribution is 2.18. The third-order valence-corrected chi connectivity index (χ3v) is 2.56. The summed E-state index contributed by atoms with van der Waals surface area (Å²) in [7, 11) is 0. The maximum atomic E-state index is 13.6. The van der Waals surface area contributed by atoms with Crippen molar-refractivity contribution in [2.45, 2.75) is 34.1 Å². The lowest BCUT2D eigenvalue weighted by Crippen LogP contribution is -2.24. The van der Waals surface area contributed by atoms with Crippen molar-refractivity contribution in [1.29, 1.82) is 0 Å². The molecule has 0 unspecified atom stereocenters. The molecule has 20 heavy (non-hydrogen) atoms. The summed E-state index contributed by atoms with van der Waals surface area (Å²) in [6, 6.07) is 0. The van der Waals surface area contributed by atoms with Crippen LogP contribution in [0.1, 0.15) is 34.1 Å². The summed E-state index contributed by atoms with van der Waals surface area (Å²) in [5.41, 5.74) is 3.51. The van der Waals surface area contributed by atoms with Gasteiger partial charge in [0.25, 0.3) is 0 Å². The van der Waals surface area contributed by atoms with Gasteiger partial charge < -0.3 is 10.2 Å². The van der Waals surface area contributed by atoms with E-state index in [4.69, 9.17) is 10.6 Å². The van der Waals surface area contributed by atoms with E-state index < -0.39 is 5.83 Å². The molecule has 0 aliphatic heterocycles. The summed E-state index contributed by atoms with van der Waals surface area (Å²) >= 11 is 0. The first-order chi connectivity index (χ1) is 9.49. The molecule has 0 heterocycles. The van der Waals surface area contributed by atoms with Crippen molar-refractivity contribution in [2.75, 3.05) is 0 Å². The molecule has 0 aromatic heterocycles. The highest BCUT2D eigenvalue weighted by Gasteiger charge is 2.05. The van der Waals surface area contributed by atoms with Crippen LogP contribution < -0.4 is 11.3 Å². The molecular weight excluding hydrogens is 255 g/mol. The minimum atomic E-state index is -0.493. The van der Waals surface area contributed by atoms with E-state index >= 15 is 0 Å². The van der Waals surface area contributed by atoms with E-state index in [-0.39, 0.29) is 11.7 Å². The van der Waals surface area contributed by atoms with Crippen LogP contribution in [0.4, 0.5) is 4.39 Å². The molecule has 3 nitrogen and oxygen atoms in total. The molecule has 0 saturated heterocycles. The number of hydrazine groups is 1. The van der Waals surface area contributed by atoms with Crippen LogP contribution >= 0.6 is 0 Å². The molecule has 0 aliphatic carbocycles. The summed E-state index contributed by atoms with van der Waals surface area (Å²) in [4.78, 5) is 0. The zero-order valence-electron chi connectivity index (χ0n) is 12.7. The van der Waals surface area contributed by atoms with Gasteiger partial charge in [0, 0.05) is 12.1 Å². The third kappa shape index (κ3) is 6.38. The molecule has 0 atom stereocenters. The SMILES string of the molecule is C=C/C(F)=C(\C=C/C)O/C(=C/C=C(/NN)C(C)C)CC. The number of halogens is 1. The predicted octanol–water partition coefficient (Wildman–Crippen LogP) is 4.24. The Morgan fingerprint density at radius 3 is 2.45 bits per heavy atom. The van der Waals surface area contributed by atoms with Gasteiger partial charge in [-0.15, -0.1) is 0 Å². The van der Waals surface area contributed by atoms with Crippen LogP contribution in [0.2, 0.25) is 0 Å². The molecule has 0 rings (SSSR count). The lowest BCUT2D eigenvalue weighted by atomic mass is 10.1. The van der Waals surface area contributed by atoms with Crippen molar-refractivity contribution in [2.24, 2.45) is 11.8 Å². The molecule has 0 aromatic rings. The molecule has 0 amide bonds. The van der Waals surface area contributed by atoms with Gasteiger partial charge in [0.1, 0.15) is 5.76 Å². The van der Waals surface area contributed by atoms with E-state index in [0.717, 1.165) is 11.8 Å². The van der Waals surface area contributed by atoms with E-state index in [1.165, 1.54) is 0 Å². The Kier molecular flexibility index (Phi) is 9.13. The number of hydrogen-bond donors (Lipinski definition) is 2.